The van der Waals surface area contributed by atoms with Gasteiger partial charge in [0.25, 0.3) is 11.5 Å². The van der Waals surface area contributed by atoms with Crippen molar-refractivity contribution in [3.63, 3.8) is 0 Å². The Morgan fingerprint density at radius 3 is 2.61 bits per heavy atom. The molecule has 1 aliphatic heterocycles. The van der Waals surface area contributed by atoms with E-state index in [1.807, 2.05) is 19.1 Å². The molecular formula is C17H20N4O2. The lowest BCUT2D eigenvalue weighted by Crippen LogP contribution is -2.25. The quantitative estimate of drug-likeness (QED) is 0.911. The van der Waals surface area contributed by atoms with E-state index in [2.05, 4.69) is 20.2 Å². The average Bonchev–Trinajstić information content (AvgIpc) is 3.03. The molecule has 6 heteroatoms. The fourth-order valence-electron chi connectivity index (χ4n) is 2.85. The topological polar surface area (TPSA) is 78.1 Å². The summed E-state index contributed by atoms with van der Waals surface area (Å²) in [4.78, 5) is 33.6. The molecule has 6 nitrogen and oxygen atoms in total. The van der Waals surface area contributed by atoms with Gasteiger partial charge in [-0.05, 0) is 50.5 Å². The van der Waals surface area contributed by atoms with Crippen LogP contribution in [0.1, 0.15) is 34.5 Å². The molecule has 3 rings (SSSR count). The highest BCUT2D eigenvalue weighted by molar-refractivity contribution is 6.05. The summed E-state index contributed by atoms with van der Waals surface area (Å²) < 4.78 is 0. The van der Waals surface area contributed by atoms with Crippen molar-refractivity contribution >= 4 is 17.4 Å². The Morgan fingerprint density at radius 1 is 1.22 bits per heavy atom. The molecule has 120 valence electrons. The third-order valence-corrected chi connectivity index (χ3v) is 4.15. The Morgan fingerprint density at radius 2 is 1.96 bits per heavy atom. The highest BCUT2D eigenvalue weighted by atomic mass is 16.2. The maximum absolute atomic E-state index is 12.4. The second-order valence-corrected chi connectivity index (χ2v) is 5.82. The van der Waals surface area contributed by atoms with E-state index >= 15 is 0 Å². The zero-order valence-corrected chi connectivity index (χ0v) is 13.3. The molecule has 0 saturated carbocycles. The van der Waals surface area contributed by atoms with Crippen LogP contribution in [0.4, 0.5) is 11.5 Å². The molecule has 0 atom stereocenters. The fourth-order valence-corrected chi connectivity index (χ4v) is 2.85. The molecule has 1 amide bonds. The third-order valence-electron chi connectivity index (χ3n) is 4.15. The Labute approximate surface area is 134 Å². The summed E-state index contributed by atoms with van der Waals surface area (Å²) in [5.41, 5.74) is 1.76. The predicted octanol–water partition coefficient (Wildman–Crippen LogP) is 2.24. The molecule has 1 aliphatic rings. The summed E-state index contributed by atoms with van der Waals surface area (Å²) in [5.74, 6) is 0.523. The van der Waals surface area contributed by atoms with E-state index in [1.165, 1.54) is 19.0 Å². The van der Waals surface area contributed by atoms with Gasteiger partial charge in [-0.25, -0.2) is 4.98 Å². The predicted molar refractivity (Wildman–Crippen MR) is 90.2 cm³/mol. The zero-order valence-electron chi connectivity index (χ0n) is 13.3. The van der Waals surface area contributed by atoms with Crippen molar-refractivity contribution in [2.24, 2.45) is 0 Å². The number of aromatic amines is 1. The first-order valence-electron chi connectivity index (χ1n) is 7.78. The second-order valence-electron chi connectivity index (χ2n) is 5.82. The number of carbonyl (C=O) groups excluding carboxylic acids is 1. The lowest BCUT2D eigenvalue weighted by atomic mass is 10.1. The number of H-pyrrole nitrogens is 1. The van der Waals surface area contributed by atoms with Gasteiger partial charge >= 0.3 is 0 Å². The standard InChI is InChI=1S/C17H20N4O2/c1-11-7-8-18-16(22)15(11)17(23)20-13-5-6-14(19-12(13)2)21-9-3-4-10-21/h5-8H,3-4,9-10H2,1-2H3,(H,18,22)(H,20,23). The van der Waals surface area contributed by atoms with Crippen LogP contribution < -0.4 is 15.8 Å². The van der Waals surface area contributed by atoms with Crippen molar-refractivity contribution < 1.29 is 4.79 Å². The van der Waals surface area contributed by atoms with Crippen LogP contribution in [0.25, 0.3) is 0 Å². The summed E-state index contributed by atoms with van der Waals surface area (Å²) in [5, 5.41) is 2.79. The van der Waals surface area contributed by atoms with Crippen LogP contribution in [0.5, 0.6) is 0 Å². The molecule has 0 unspecified atom stereocenters. The number of pyridine rings is 2. The first kappa shape index (κ1) is 15.3. The Kier molecular flexibility index (Phi) is 4.14. The lowest BCUT2D eigenvalue weighted by molar-refractivity contribution is 0.102. The number of hydrogen-bond donors (Lipinski definition) is 2. The van der Waals surface area contributed by atoms with E-state index < -0.39 is 5.91 Å². The van der Waals surface area contributed by atoms with Crippen LogP contribution in [0.2, 0.25) is 0 Å². The van der Waals surface area contributed by atoms with E-state index in [4.69, 9.17) is 0 Å². The molecule has 0 bridgehead atoms. The van der Waals surface area contributed by atoms with Gasteiger partial charge in [-0.3, -0.25) is 9.59 Å². The summed E-state index contributed by atoms with van der Waals surface area (Å²) >= 11 is 0. The van der Waals surface area contributed by atoms with E-state index in [-0.39, 0.29) is 11.1 Å². The van der Waals surface area contributed by atoms with Crippen molar-refractivity contribution in [1.82, 2.24) is 9.97 Å². The summed E-state index contributed by atoms with van der Waals surface area (Å²) in [6, 6.07) is 5.47. The van der Waals surface area contributed by atoms with Gasteiger partial charge in [0.1, 0.15) is 11.4 Å². The summed E-state index contributed by atoms with van der Waals surface area (Å²) in [6.07, 6.45) is 3.91. The minimum Gasteiger partial charge on any atom is -0.357 e. The molecule has 0 aliphatic carbocycles. The first-order chi connectivity index (χ1) is 11.1. The van der Waals surface area contributed by atoms with E-state index in [0.717, 1.165) is 24.6 Å². The smallest absolute Gasteiger partial charge is 0.261 e. The van der Waals surface area contributed by atoms with Gasteiger partial charge in [0.2, 0.25) is 0 Å². The normalized spacial score (nSPS) is 14.1. The zero-order chi connectivity index (χ0) is 16.4. The number of hydrogen-bond acceptors (Lipinski definition) is 4. The van der Waals surface area contributed by atoms with E-state index in [1.54, 1.807) is 13.0 Å². The molecule has 23 heavy (non-hydrogen) atoms. The number of anilines is 2. The van der Waals surface area contributed by atoms with Gasteiger partial charge < -0.3 is 15.2 Å². The maximum atomic E-state index is 12.4. The van der Waals surface area contributed by atoms with Gasteiger partial charge in [-0.2, -0.15) is 0 Å². The first-order valence-corrected chi connectivity index (χ1v) is 7.78. The van der Waals surface area contributed by atoms with Crippen molar-refractivity contribution in [1.29, 1.82) is 0 Å². The molecule has 1 fully saturated rings. The van der Waals surface area contributed by atoms with Crippen molar-refractivity contribution in [2.45, 2.75) is 26.7 Å². The molecule has 0 spiro atoms. The largest absolute Gasteiger partial charge is 0.357 e. The van der Waals surface area contributed by atoms with Crippen molar-refractivity contribution in [2.75, 3.05) is 23.3 Å². The fraction of sp³-hybridized carbons (Fsp3) is 0.353. The van der Waals surface area contributed by atoms with Crippen molar-refractivity contribution in [3.8, 4) is 0 Å². The van der Waals surface area contributed by atoms with Crippen LogP contribution in [0.3, 0.4) is 0 Å². The van der Waals surface area contributed by atoms with Gasteiger partial charge in [0, 0.05) is 19.3 Å². The van der Waals surface area contributed by atoms with Crippen LogP contribution >= 0.6 is 0 Å². The van der Waals surface area contributed by atoms with E-state index in [0.29, 0.717) is 11.3 Å². The molecule has 2 aromatic rings. The average molecular weight is 312 g/mol. The lowest BCUT2D eigenvalue weighted by Gasteiger charge is -2.18. The number of carbonyl (C=O) groups is 1. The molecular weight excluding hydrogens is 292 g/mol. The SMILES string of the molecule is Cc1cc[nH]c(=O)c1C(=O)Nc1ccc(N2CCCC2)nc1C. The van der Waals surface area contributed by atoms with Gasteiger partial charge in [-0.1, -0.05) is 0 Å². The highest BCUT2D eigenvalue weighted by Crippen LogP contribution is 2.22. The number of aromatic nitrogens is 2. The monoisotopic (exact) mass is 312 g/mol. The summed E-state index contributed by atoms with van der Waals surface area (Å²) in [6.45, 7) is 5.65. The maximum Gasteiger partial charge on any atom is 0.261 e. The number of nitrogens with one attached hydrogen (secondary N) is 2. The number of rotatable bonds is 3. The molecule has 0 radical (unpaired) electrons. The summed E-state index contributed by atoms with van der Waals surface area (Å²) in [7, 11) is 0. The van der Waals surface area contributed by atoms with Crippen LogP contribution in [0.15, 0.2) is 29.2 Å². The van der Waals surface area contributed by atoms with Crippen LogP contribution in [-0.4, -0.2) is 29.0 Å². The Balaban J connectivity index is 1.82. The van der Waals surface area contributed by atoms with Gasteiger partial charge in [-0.15, -0.1) is 0 Å². The number of nitrogens with zero attached hydrogens (tertiary/aromatic N) is 2. The van der Waals surface area contributed by atoms with E-state index in [9.17, 15) is 9.59 Å². The van der Waals surface area contributed by atoms with Gasteiger partial charge in [0.05, 0.1) is 11.4 Å². The Bertz CT molecular complexity index is 791. The molecule has 2 aromatic heterocycles. The van der Waals surface area contributed by atoms with Gasteiger partial charge in [0.15, 0.2) is 0 Å². The third kappa shape index (κ3) is 3.11. The van der Waals surface area contributed by atoms with Crippen molar-refractivity contribution in [3.05, 3.63) is 51.6 Å². The Hall–Kier alpha value is -2.63. The molecule has 0 aromatic carbocycles. The molecule has 2 N–H and O–H groups in total. The van der Waals surface area contributed by atoms with Crippen LogP contribution in [-0.2, 0) is 0 Å². The highest BCUT2D eigenvalue weighted by Gasteiger charge is 2.17. The second kappa shape index (κ2) is 6.24. The molecule has 1 saturated heterocycles. The van der Waals surface area contributed by atoms with Crippen LogP contribution in [0, 0.1) is 13.8 Å². The molecule has 3 heterocycles. The minimum absolute atomic E-state index is 0.135. The number of aryl methyl sites for hydroxylation is 2. The minimum atomic E-state index is -0.414. The number of amides is 1.